The average molecular weight is 346 g/mol. The molecule has 26 heavy (non-hydrogen) atoms. The number of rotatable bonds is 7. The van der Waals surface area contributed by atoms with Gasteiger partial charge < -0.3 is 4.98 Å². The van der Waals surface area contributed by atoms with Crippen molar-refractivity contribution < 1.29 is 9.59 Å². The van der Waals surface area contributed by atoms with Crippen LogP contribution in [0.1, 0.15) is 52.0 Å². The van der Waals surface area contributed by atoms with E-state index >= 15 is 0 Å². The Labute approximate surface area is 152 Å². The van der Waals surface area contributed by atoms with E-state index in [0.717, 1.165) is 32.1 Å². The van der Waals surface area contributed by atoms with Crippen molar-refractivity contribution in [2.75, 3.05) is 6.54 Å². The van der Waals surface area contributed by atoms with Gasteiger partial charge >= 0.3 is 0 Å². The number of unbranched alkanes of at least 4 members (excludes halogenated alkanes) is 3. The lowest BCUT2D eigenvalue weighted by Crippen LogP contribution is -2.30. The van der Waals surface area contributed by atoms with Crippen LogP contribution in [0.3, 0.4) is 0 Å². The lowest BCUT2D eigenvalue weighted by Gasteiger charge is -2.13. The second-order valence-corrected chi connectivity index (χ2v) is 6.83. The third-order valence-electron chi connectivity index (χ3n) is 5.13. The number of benzene rings is 2. The van der Waals surface area contributed by atoms with Crippen LogP contribution in [0.4, 0.5) is 0 Å². The molecule has 4 heteroatoms. The number of H-pyrrole nitrogens is 1. The van der Waals surface area contributed by atoms with Crippen LogP contribution < -0.4 is 0 Å². The number of aromatic nitrogens is 1. The van der Waals surface area contributed by atoms with E-state index in [2.05, 4.69) is 29.4 Å². The molecule has 1 aliphatic heterocycles. The number of imide groups is 1. The number of fused-ring (bicyclic) bond motifs is 2. The third-order valence-corrected chi connectivity index (χ3v) is 5.13. The molecule has 0 unspecified atom stereocenters. The maximum absolute atomic E-state index is 12.3. The number of aryl methyl sites for hydroxylation is 1. The van der Waals surface area contributed by atoms with E-state index in [1.54, 1.807) is 24.3 Å². The fourth-order valence-electron chi connectivity index (χ4n) is 3.72. The van der Waals surface area contributed by atoms with Crippen LogP contribution in [-0.4, -0.2) is 28.2 Å². The smallest absolute Gasteiger partial charge is 0.261 e. The molecule has 132 valence electrons. The number of para-hydroxylation sites is 1. The van der Waals surface area contributed by atoms with E-state index in [9.17, 15) is 9.59 Å². The lowest BCUT2D eigenvalue weighted by atomic mass is 10.1. The van der Waals surface area contributed by atoms with Gasteiger partial charge in [-0.15, -0.1) is 0 Å². The van der Waals surface area contributed by atoms with Gasteiger partial charge in [-0.3, -0.25) is 14.5 Å². The van der Waals surface area contributed by atoms with Gasteiger partial charge in [-0.1, -0.05) is 43.2 Å². The molecule has 2 aromatic carbocycles. The Morgan fingerprint density at radius 2 is 1.42 bits per heavy atom. The van der Waals surface area contributed by atoms with Gasteiger partial charge in [0, 0.05) is 23.6 Å². The molecule has 0 radical (unpaired) electrons. The van der Waals surface area contributed by atoms with Crippen molar-refractivity contribution in [2.24, 2.45) is 0 Å². The minimum absolute atomic E-state index is 0.149. The topological polar surface area (TPSA) is 53.2 Å². The summed E-state index contributed by atoms with van der Waals surface area (Å²) in [6.07, 6.45) is 7.25. The fourth-order valence-corrected chi connectivity index (χ4v) is 3.72. The highest BCUT2D eigenvalue weighted by Gasteiger charge is 2.34. The van der Waals surface area contributed by atoms with E-state index < -0.39 is 0 Å². The van der Waals surface area contributed by atoms with Gasteiger partial charge in [0.05, 0.1) is 11.1 Å². The van der Waals surface area contributed by atoms with Crippen molar-refractivity contribution in [3.05, 3.63) is 71.4 Å². The van der Waals surface area contributed by atoms with Crippen molar-refractivity contribution in [1.82, 2.24) is 9.88 Å². The Hall–Kier alpha value is -2.88. The Kier molecular flexibility index (Phi) is 4.57. The van der Waals surface area contributed by atoms with Crippen molar-refractivity contribution >= 4 is 22.7 Å². The Morgan fingerprint density at radius 1 is 0.769 bits per heavy atom. The average Bonchev–Trinajstić information content (AvgIpc) is 3.19. The molecule has 2 heterocycles. The number of carbonyl (C=O) groups is 2. The van der Waals surface area contributed by atoms with Gasteiger partial charge in [-0.25, -0.2) is 0 Å². The summed E-state index contributed by atoms with van der Waals surface area (Å²) >= 11 is 0. The van der Waals surface area contributed by atoms with E-state index in [1.165, 1.54) is 21.4 Å². The van der Waals surface area contributed by atoms with Crippen LogP contribution in [0.5, 0.6) is 0 Å². The van der Waals surface area contributed by atoms with Gasteiger partial charge in [0.15, 0.2) is 0 Å². The van der Waals surface area contributed by atoms with Crippen molar-refractivity contribution in [3.63, 3.8) is 0 Å². The molecule has 0 bridgehead atoms. The monoisotopic (exact) mass is 346 g/mol. The number of nitrogens with one attached hydrogen (secondary N) is 1. The Bertz CT molecular complexity index is 922. The highest BCUT2D eigenvalue weighted by molar-refractivity contribution is 6.21. The third kappa shape index (κ3) is 3.03. The molecule has 0 saturated carbocycles. The van der Waals surface area contributed by atoms with Crippen molar-refractivity contribution in [3.8, 4) is 0 Å². The zero-order valence-corrected chi connectivity index (χ0v) is 14.7. The van der Waals surface area contributed by atoms with Crippen LogP contribution in [0.25, 0.3) is 10.9 Å². The summed E-state index contributed by atoms with van der Waals surface area (Å²) in [5.74, 6) is -0.297. The Balaban J connectivity index is 1.23. The molecule has 0 saturated heterocycles. The Morgan fingerprint density at radius 3 is 2.19 bits per heavy atom. The predicted molar refractivity (Wildman–Crippen MR) is 102 cm³/mol. The lowest BCUT2D eigenvalue weighted by molar-refractivity contribution is 0.0651. The zero-order valence-electron chi connectivity index (χ0n) is 14.7. The number of aromatic amines is 1. The first-order valence-electron chi connectivity index (χ1n) is 9.26. The molecule has 1 aliphatic rings. The second kappa shape index (κ2) is 7.16. The molecule has 1 N–H and O–H groups in total. The van der Waals surface area contributed by atoms with Gasteiger partial charge in [0.2, 0.25) is 0 Å². The second-order valence-electron chi connectivity index (χ2n) is 6.83. The molecular weight excluding hydrogens is 324 g/mol. The van der Waals surface area contributed by atoms with Crippen LogP contribution in [0, 0.1) is 0 Å². The minimum Gasteiger partial charge on any atom is -0.361 e. The molecule has 1 aromatic heterocycles. The first-order valence-corrected chi connectivity index (χ1v) is 9.26. The van der Waals surface area contributed by atoms with Gasteiger partial charge in [0.1, 0.15) is 0 Å². The highest BCUT2D eigenvalue weighted by atomic mass is 16.2. The summed E-state index contributed by atoms with van der Waals surface area (Å²) in [6.45, 7) is 0.513. The van der Waals surface area contributed by atoms with E-state index in [0.29, 0.717) is 17.7 Å². The molecule has 3 aromatic rings. The first kappa shape index (κ1) is 16.6. The van der Waals surface area contributed by atoms with Crippen LogP contribution in [-0.2, 0) is 6.42 Å². The predicted octanol–water partition coefficient (Wildman–Crippen LogP) is 4.57. The summed E-state index contributed by atoms with van der Waals surface area (Å²) in [6, 6.07) is 15.4. The standard InChI is InChI=1S/C22H22N2O2/c25-21-18-11-4-5-12-19(18)22(26)24(21)14-8-2-1-3-9-16-15-23-20-13-7-6-10-17(16)20/h4-7,10-13,15,23H,1-3,8-9,14H2. The fraction of sp³-hybridized carbons (Fsp3) is 0.273. The molecule has 0 spiro atoms. The van der Waals surface area contributed by atoms with Crippen LogP contribution in [0.2, 0.25) is 0 Å². The molecule has 4 rings (SSSR count). The van der Waals surface area contributed by atoms with Crippen LogP contribution >= 0.6 is 0 Å². The number of hydrogen-bond acceptors (Lipinski definition) is 2. The van der Waals surface area contributed by atoms with Gasteiger partial charge in [0.25, 0.3) is 11.8 Å². The number of carbonyl (C=O) groups excluding carboxylic acids is 2. The van der Waals surface area contributed by atoms with E-state index in [4.69, 9.17) is 0 Å². The zero-order chi connectivity index (χ0) is 17.9. The molecule has 0 atom stereocenters. The maximum atomic E-state index is 12.3. The van der Waals surface area contributed by atoms with Crippen LogP contribution in [0.15, 0.2) is 54.7 Å². The largest absolute Gasteiger partial charge is 0.361 e. The molecule has 4 nitrogen and oxygen atoms in total. The maximum Gasteiger partial charge on any atom is 0.261 e. The van der Waals surface area contributed by atoms with Crippen molar-refractivity contribution in [1.29, 1.82) is 0 Å². The minimum atomic E-state index is -0.149. The van der Waals surface area contributed by atoms with E-state index in [-0.39, 0.29) is 11.8 Å². The molecule has 2 amide bonds. The summed E-state index contributed by atoms with van der Waals surface area (Å²) in [7, 11) is 0. The number of nitrogens with zero attached hydrogens (tertiary/aromatic N) is 1. The summed E-state index contributed by atoms with van der Waals surface area (Å²) in [5.41, 5.74) is 3.63. The van der Waals surface area contributed by atoms with Gasteiger partial charge in [-0.2, -0.15) is 0 Å². The first-order chi connectivity index (χ1) is 12.8. The molecule has 0 fully saturated rings. The highest BCUT2D eigenvalue weighted by Crippen LogP contribution is 2.23. The normalized spacial score (nSPS) is 13.6. The van der Waals surface area contributed by atoms with E-state index in [1.807, 2.05) is 6.07 Å². The summed E-state index contributed by atoms with van der Waals surface area (Å²) in [4.78, 5) is 29.3. The number of amides is 2. The summed E-state index contributed by atoms with van der Waals surface area (Å²) < 4.78 is 0. The SMILES string of the molecule is O=C1c2ccccc2C(=O)N1CCCCCCc1c[nH]c2ccccc12. The molecular formula is C22H22N2O2. The number of hydrogen-bond donors (Lipinski definition) is 1. The quantitative estimate of drug-likeness (QED) is 0.503. The van der Waals surface area contributed by atoms with Crippen molar-refractivity contribution in [2.45, 2.75) is 32.1 Å². The van der Waals surface area contributed by atoms with Gasteiger partial charge in [-0.05, 0) is 43.0 Å². The summed E-state index contributed by atoms with van der Waals surface area (Å²) in [5, 5.41) is 1.30. The molecule has 0 aliphatic carbocycles.